The molecule has 2 heterocycles. The fraction of sp³-hybridized carbons (Fsp3) is 0.714. The van der Waals surface area contributed by atoms with Gasteiger partial charge in [-0.2, -0.15) is 0 Å². The van der Waals surface area contributed by atoms with Crippen LogP contribution in [-0.2, 0) is 0 Å². The quantitative estimate of drug-likeness (QED) is 0.429. The van der Waals surface area contributed by atoms with Gasteiger partial charge in [-0.05, 0) is 7.05 Å². The average molecular weight is 184 g/mol. The Kier molecular flexibility index (Phi) is 1.84. The second-order valence-electron chi connectivity index (χ2n) is 3.40. The molecule has 72 valence electrons. The Morgan fingerprint density at radius 1 is 1.62 bits per heavy atom. The summed E-state index contributed by atoms with van der Waals surface area (Å²) in [4.78, 5) is 14.3. The number of nitrogens with zero attached hydrogens (tertiary/aromatic N) is 3. The van der Waals surface area contributed by atoms with Crippen LogP contribution in [0.3, 0.4) is 0 Å². The molecule has 13 heavy (non-hydrogen) atoms. The number of likely N-dealkylation sites (N-methyl/N-ethyl adjacent to an activating group) is 1. The first-order chi connectivity index (χ1) is 6.18. The second-order valence-corrected chi connectivity index (χ2v) is 3.40. The van der Waals surface area contributed by atoms with Gasteiger partial charge in [0, 0.05) is 13.1 Å². The summed E-state index contributed by atoms with van der Waals surface area (Å²) in [5.74, 6) is 0.711. The van der Waals surface area contributed by atoms with E-state index < -0.39 is 0 Å². The minimum Gasteiger partial charge on any atom is -0.364 e. The Hall–Kier alpha value is -1.30. The molecule has 2 aliphatic rings. The lowest BCUT2D eigenvalue weighted by molar-refractivity contribution is -0.432. The molecule has 1 saturated heterocycles. The second kappa shape index (κ2) is 2.88. The van der Waals surface area contributed by atoms with Crippen molar-refractivity contribution in [2.24, 2.45) is 0 Å². The lowest BCUT2D eigenvalue weighted by Gasteiger charge is -2.29. The maximum atomic E-state index is 10.7. The molecule has 6 nitrogen and oxygen atoms in total. The first-order valence-corrected chi connectivity index (χ1v) is 4.23. The standard InChI is InChI=1S/C7H12N4O2/c1-9-4-6(11(12)13)7-8-2-3-10(7)5-9/h8H,2-5H2,1H3. The predicted octanol–water partition coefficient (Wildman–Crippen LogP) is -0.760. The van der Waals surface area contributed by atoms with Crippen molar-refractivity contribution >= 4 is 0 Å². The Morgan fingerprint density at radius 2 is 2.38 bits per heavy atom. The minimum atomic E-state index is -0.295. The summed E-state index contributed by atoms with van der Waals surface area (Å²) in [6, 6.07) is 0. The number of nitrogens with one attached hydrogen (secondary N) is 1. The normalized spacial score (nSPS) is 23.0. The largest absolute Gasteiger partial charge is 0.364 e. The van der Waals surface area contributed by atoms with Crippen molar-refractivity contribution in [2.75, 3.05) is 33.4 Å². The summed E-state index contributed by atoms with van der Waals surface area (Å²) in [5, 5.41) is 13.7. The molecule has 0 unspecified atom stereocenters. The molecule has 2 aliphatic heterocycles. The number of nitro groups is 1. The third-order valence-corrected chi connectivity index (χ3v) is 2.32. The fourth-order valence-electron chi connectivity index (χ4n) is 1.78. The van der Waals surface area contributed by atoms with Crippen LogP contribution in [0.2, 0.25) is 0 Å². The molecule has 1 N–H and O–H groups in total. The van der Waals surface area contributed by atoms with Gasteiger partial charge >= 0.3 is 0 Å². The summed E-state index contributed by atoms with van der Waals surface area (Å²) in [5.41, 5.74) is 0.284. The van der Waals surface area contributed by atoms with Crippen molar-refractivity contribution in [3.05, 3.63) is 21.6 Å². The zero-order chi connectivity index (χ0) is 9.42. The van der Waals surface area contributed by atoms with E-state index in [0.717, 1.165) is 19.8 Å². The molecule has 0 bridgehead atoms. The van der Waals surface area contributed by atoms with E-state index in [1.165, 1.54) is 0 Å². The van der Waals surface area contributed by atoms with Crippen LogP contribution in [0, 0.1) is 10.1 Å². The Bertz CT molecular complexity index is 276. The van der Waals surface area contributed by atoms with E-state index in [-0.39, 0.29) is 10.6 Å². The van der Waals surface area contributed by atoms with Gasteiger partial charge in [0.2, 0.25) is 0 Å². The van der Waals surface area contributed by atoms with E-state index in [1.807, 2.05) is 16.8 Å². The van der Waals surface area contributed by atoms with Gasteiger partial charge in [-0.15, -0.1) is 0 Å². The molecule has 0 radical (unpaired) electrons. The highest BCUT2D eigenvalue weighted by molar-refractivity contribution is 5.13. The van der Waals surface area contributed by atoms with E-state index in [2.05, 4.69) is 5.32 Å². The third-order valence-electron chi connectivity index (χ3n) is 2.32. The van der Waals surface area contributed by atoms with Gasteiger partial charge in [0.1, 0.15) is 0 Å². The Morgan fingerprint density at radius 3 is 3.08 bits per heavy atom. The van der Waals surface area contributed by atoms with Gasteiger partial charge in [0.05, 0.1) is 18.1 Å². The van der Waals surface area contributed by atoms with Crippen molar-refractivity contribution in [1.82, 2.24) is 15.1 Å². The molecule has 0 aromatic heterocycles. The molecule has 1 fully saturated rings. The van der Waals surface area contributed by atoms with Crippen molar-refractivity contribution in [3.8, 4) is 0 Å². The average Bonchev–Trinajstić information content (AvgIpc) is 2.49. The number of fused-ring (bicyclic) bond motifs is 1. The van der Waals surface area contributed by atoms with Crippen molar-refractivity contribution in [2.45, 2.75) is 0 Å². The van der Waals surface area contributed by atoms with Crippen molar-refractivity contribution in [1.29, 1.82) is 0 Å². The molecule has 0 amide bonds. The van der Waals surface area contributed by atoms with Crippen LogP contribution < -0.4 is 5.32 Å². The predicted molar refractivity (Wildman–Crippen MR) is 46.2 cm³/mol. The minimum absolute atomic E-state index is 0.284. The SMILES string of the molecule is CN1CC([N+](=O)[O-])=C2NCCN2C1. The molecule has 0 spiro atoms. The molecular weight excluding hydrogens is 172 g/mol. The molecular formula is C7H12N4O2. The topological polar surface area (TPSA) is 61.6 Å². The summed E-state index contributed by atoms with van der Waals surface area (Å²) in [6.07, 6.45) is 0. The highest BCUT2D eigenvalue weighted by Gasteiger charge is 2.33. The van der Waals surface area contributed by atoms with E-state index in [4.69, 9.17) is 0 Å². The molecule has 2 rings (SSSR count). The van der Waals surface area contributed by atoms with Crippen molar-refractivity contribution in [3.63, 3.8) is 0 Å². The van der Waals surface area contributed by atoms with E-state index >= 15 is 0 Å². The smallest absolute Gasteiger partial charge is 0.299 e. The van der Waals surface area contributed by atoms with Gasteiger partial charge < -0.3 is 10.2 Å². The lowest BCUT2D eigenvalue weighted by Crippen LogP contribution is -2.42. The van der Waals surface area contributed by atoms with Gasteiger partial charge in [-0.25, -0.2) is 0 Å². The Balaban J connectivity index is 2.32. The first-order valence-electron chi connectivity index (χ1n) is 4.23. The van der Waals surface area contributed by atoms with Crippen LogP contribution in [0.1, 0.15) is 0 Å². The highest BCUT2D eigenvalue weighted by atomic mass is 16.6. The zero-order valence-corrected chi connectivity index (χ0v) is 7.49. The first kappa shape index (κ1) is 8.31. The van der Waals surface area contributed by atoms with Crippen LogP contribution in [0.25, 0.3) is 0 Å². The summed E-state index contributed by atoms with van der Waals surface area (Å²) >= 11 is 0. The number of hydrogen-bond acceptors (Lipinski definition) is 5. The summed E-state index contributed by atoms with van der Waals surface area (Å²) < 4.78 is 0. The van der Waals surface area contributed by atoms with E-state index in [0.29, 0.717) is 12.4 Å². The van der Waals surface area contributed by atoms with Crippen LogP contribution in [0.15, 0.2) is 11.5 Å². The van der Waals surface area contributed by atoms with Gasteiger partial charge in [-0.3, -0.25) is 15.0 Å². The molecule has 0 atom stereocenters. The summed E-state index contributed by atoms with van der Waals surface area (Å²) in [6.45, 7) is 2.86. The monoisotopic (exact) mass is 184 g/mol. The number of rotatable bonds is 1. The molecule has 0 aromatic rings. The lowest BCUT2D eigenvalue weighted by atomic mass is 10.3. The van der Waals surface area contributed by atoms with Crippen molar-refractivity contribution < 1.29 is 4.92 Å². The van der Waals surface area contributed by atoms with Crippen LogP contribution in [0.4, 0.5) is 0 Å². The number of hydrogen-bond donors (Lipinski definition) is 1. The zero-order valence-electron chi connectivity index (χ0n) is 7.49. The van der Waals surface area contributed by atoms with Gasteiger partial charge in [0.25, 0.3) is 5.70 Å². The molecule has 6 heteroatoms. The maximum absolute atomic E-state index is 10.7. The fourth-order valence-corrected chi connectivity index (χ4v) is 1.78. The van der Waals surface area contributed by atoms with Crippen LogP contribution in [-0.4, -0.2) is 48.1 Å². The van der Waals surface area contributed by atoms with Crippen LogP contribution >= 0.6 is 0 Å². The maximum Gasteiger partial charge on any atom is 0.299 e. The van der Waals surface area contributed by atoms with Gasteiger partial charge in [0.15, 0.2) is 5.82 Å². The molecule has 0 saturated carbocycles. The van der Waals surface area contributed by atoms with E-state index in [1.54, 1.807) is 0 Å². The highest BCUT2D eigenvalue weighted by Crippen LogP contribution is 2.18. The Labute approximate surface area is 76.0 Å². The third kappa shape index (κ3) is 1.33. The van der Waals surface area contributed by atoms with Crippen LogP contribution in [0.5, 0.6) is 0 Å². The summed E-state index contributed by atoms with van der Waals surface area (Å²) in [7, 11) is 1.89. The van der Waals surface area contributed by atoms with Gasteiger partial charge in [-0.1, -0.05) is 0 Å². The molecule has 0 aliphatic carbocycles. The molecule has 0 aromatic carbocycles. The van der Waals surface area contributed by atoms with E-state index in [9.17, 15) is 10.1 Å².